The fourth-order valence-corrected chi connectivity index (χ4v) is 9.76. The molecule has 0 aromatic rings. The molecule has 8 atom stereocenters. The van der Waals surface area contributed by atoms with E-state index in [0.717, 1.165) is 76.0 Å². The molecular weight excluding hydrogens is 450 g/mol. The van der Waals surface area contributed by atoms with Gasteiger partial charge in [0.05, 0.1) is 11.8 Å². The van der Waals surface area contributed by atoms with Crippen LogP contribution in [0.1, 0.15) is 109 Å². The van der Waals surface area contributed by atoms with Gasteiger partial charge in [-0.25, -0.2) is 0 Å². The van der Waals surface area contributed by atoms with Crippen LogP contribution in [-0.2, 0) is 19.1 Å². The van der Waals surface area contributed by atoms with Crippen molar-refractivity contribution in [3.8, 4) is 0 Å². The Morgan fingerprint density at radius 1 is 0.639 bits per heavy atom. The summed E-state index contributed by atoms with van der Waals surface area (Å²) >= 11 is 0. The lowest BCUT2D eigenvalue weighted by Gasteiger charge is -2.60. The molecule has 0 N–H and O–H groups in total. The maximum atomic E-state index is 13.5. The summed E-state index contributed by atoms with van der Waals surface area (Å²) in [5, 5.41) is 0. The molecule has 0 aromatic carbocycles. The number of carbonyl (C=O) groups is 2. The van der Waals surface area contributed by atoms with Crippen LogP contribution in [0.2, 0.25) is 0 Å². The Morgan fingerprint density at radius 3 is 2.00 bits per heavy atom. The van der Waals surface area contributed by atoms with Crippen molar-refractivity contribution in [3.63, 3.8) is 0 Å². The van der Waals surface area contributed by atoms with Crippen molar-refractivity contribution in [2.24, 2.45) is 41.4 Å². The van der Waals surface area contributed by atoms with Crippen LogP contribution in [0.5, 0.6) is 0 Å². The lowest BCUT2D eigenvalue weighted by atomic mass is 9.51. The summed E-state index contributed by atoms with van der Waals surface area (Å²) < 4.78 is 12.9. The first-order valence-corrected chi connectivity index (χ1v) is 15.7. The third-order valence-corrected chi connectivity index (χ3v) is 11.6. The molecule has 5 aliphatic carbocycles. The number of hydrogen-bond donors (Lipinski definition) is 0. The highest BCUT2D eigenvalue weighted by Crippen LogP contribution is 2.57. The summed E-state index contributed by atoms with van der Waals surface area (Å²) in [6.45, 7) is 1.23. The minimum absolute atomic E-state index is 0.00862. The summed E-state index contributed by atoms with van der Waals surface area (Å²) in [5.74, 6) is 3.20. The highest BCUT2D eigenvalue weighted by molar-refractivity contribution is 5.74. The Hall–Kier alpha value is -1.10. The number of piperidine rings is 1. The molecule has 5 saturated carbocycles. The van der Waals surface area contributed by atoms with E-state index in [1.807, 2.05) is 0 Å². The highest BCUT2D eigenvalue weighted by atomic mass is 16.6. The van der Waals surface area contributed by atoms with Gasteiger partial charge in [0, 0.05) is 12.0 Å². The van der Waals surface area contributed by atoms with Crippen LogP contribution in [0.4, 0.5) is 0 Å². The van der Waals surface area contributed by atoms with Gasteiger partial charge >= 0.3 is 11.9 Å². The van der Waals surface area contributed by atoms with Gasteiger partial charge in [0.25, 0.3) is 0 Å². The van der Waals surface area contributed by atoms with Crippen LogP contribution in [0.15, 0.2) is 0 Å². The molecule has 0 bridgehead atoms. The van der Waals surface area contributed by atoms with E-state index in [1.54, 1.807) is 0 Å². The zero-order chi connectivity index (χ0) is 24.6. The summed E-state index contributed by atoms with van der Waals surface area (Å²) in [6, 6.07) is 0.686. The van der Waals surface area contributed by atoms with Crippen molar-refractivity contribution >= 4 is 11.9 Å². The zero-order valence-electron chi connectivity index (χ0n) is 22.6. The Labute approximate surface area is 218 Å². The summed E-state index contributed by atoms with van der Waals surface area (Å²) in [6.07, 6.45) is 18.9. The lowest BCUT2D eigenvalue weighted by Crippen LogP contribution is -2.62. The van der Waals surface area contributed by atoms with E-state index < -0.39 is 0 Å². The maximum absolute atomic E-state index is 13.5. The largest absolute Gasteiger partial charge is 0.458 e. The van der Waals surface area contributed by atoms with Gasteiger partial charge < -0.3 is 14.4 Å². The Morgan fingerprint density at radius 2 is 1.31 bits per heavy atom. The molecule has 0 spiro atoms. The van der Waals surface area contributed by atoms with Crippen LogP contribution in [0.25, 0.3) is 0 Å². The predicted octanol–water partition coefficient (Wildman–Crippen LogP) is 6.14. The molecule has 6 aliphatic rings. The number of ether oxygens (including phenoxy) is 2. The van der Waals surface area contributed by atoms with Crippen LogP contribution in [-0.4, -0.2) is 48.7 Å². The van der Waals surface area contributed by atoms with Gasteiger partial charge in [-0.2, -0.15) is 0 Å². The van der Waals surface area contributed by atoms with Gasteiger partial charge in [0.1, 0.15) is 12.2 Å². The SMILES string of the molecule is CN1CCC2CCCC3C4C(CCC(OC(=O)C5CCCCC5)C4OC(=O)C4CCCCC4)CC1C23. The minimum Gasteiger partial charge on any atom is -0.458 e. The standard InChI is InChI=1S/C31H49NO4/c1-32-18-17-20-13-8-14-24-27(20)25(32)19-23-15-16-26(35-30(33)21-9-4-2-5-10-21)29(28(23)24)36-31(34)22-11-6-3-7-12-22/h20-29H,2-19H2,1H3. The normalized spacial score (nSPS) is 42.1. The first kappa shape index (κ1) is 25.2. The Balaban J connectivity index is 1.26. The van der Waals surface area contributed by atoms with Gasteiger partial charge in [-0.05, 0) is 95.1 Å². The summed E-state index contributed by atoms with van der Waals surface area (Å²) in [4.78, 5) is 29.4. The van der Waals surface area contributed by atoms with E-state index in [0.29, 0.717) is 23.8 Å². The van der Waals surface area contributed by atoms with E-state index >= 15 is 0 Å². The molecule has 5 nitrogen and oxygen atoms in total. The number of rotatable bonds is 4. The van der Waals surface area contributed by atoms with E-state index in [4.69, 9.17) is 9.47 Å². The molecule has 36 heavy (non-hydrogen) atoms. The Kier molecular flexibility index (Phi) is 7.66. The molecule has 0 aromatic heterocycles. The first-order valence-electron chi connectivity index (χ1n) is 15.7. The van der Waals surface area contributed by atoms with Crippen LogP contribution >= 0.6 is 0 Å². The van der Waals surface area contributed by atoms with Gasteiger partial charge in [-0.1, -0.05) is 51.4 Å². The van der Waals surface area contributed by atoms with Gasteiger partial charge in [-0.3, -0.25) is 9.59 Å². The topological polar surface area (TPSA) is 55.8 Å². The molecular formula is C31H49NO4. The fourth-order valence-electron chi connectivity index (χ4n) is 9.76. The molecule has 1 saturated heterocycles. The maximum Gasteiger partial charge on any atom is 0.309 e. The second kappa shape index (κ2) is 10.9. The van der Waals surface area contributed by atoms with Crippen molar-refractivity contribution in [1.29, 1.82) is 0 Å². The molecule has 0 radical (unpaired) electrons. The van der Waals surface area contributed by atoms with Gasteiger partial charge in [0.15, 0.2) is 0 Å². The van der Waals surface area contributed by atoms with Crippen molar-refractivity contribution in [1.82, 2.24) is 4.90 Å². The lowest BCUT2D eigenvalue weighted by molar-refractivity contribution is -0.204. The molecule has 1 heterocycles. The van der Waals surface area contributed by atoms with Crippen molar-refractivity contribution in [2.75, 3.05) is 13.6 Å². The number of nitrogens with zero attached hydrogens (tertiary/aromatic N) is 1. The fraction of sp³-hybridized carbons (Fsp3) is 0.935. The number of hydrogen-bond acceptors (Lipinski definition) is 5. The van der Waals surface area contributed by atoms with Crippen molar-refractivity contribution in [2.45, 2.75) is 127 Å². The smallest absolute Gasteiger partial charge is 0.309 e. The van der Waals surface area contributed by atoms with Crippen LogP contribution in [0.3, 0.4) is 0 Å². The van der Waals surface area contributed by atoms with Crippen molar-refractivity contribution < 1.29 is 19.1 Å². The molecule has 1 aliphatic heterocycles. The quantitative estimate of drug-likeness (QED) is 0.435. The highest BCUT2D eigenvalue weighted by Gasteiger charge is 2.57. The average molecular weight is 500 g/mol. The number of esters is 2. The molecule has 202 valence electrons. The molecule has 6 rings (SSSR count). The van der Waals surface area contributed by atoms with Gasteiger partial charge in [-0.15, -0.1) is 0 Å². The number of carbonyl (C=O) groups excluding carboxylic acids is 2. The molecule has 5 heteroatoms. The van der Waals surface area contributed by atoms with Gasteiger partial charge in [0.2, 0.25) is 0 Å². The molecule has 8 unspecified atom stereocenters. The van der Waals surface area contributed by atoms with E-state index in [1.165, 1.54) is 51.5 Å². The van der Waals surface area contributed by atoms with E-state index in [9.17, 15) is 9.59 Å². The summed E-state index contributed by atoms with van der Waals surface area (Å²) in [7, 11) is 2.34. The summed E-state index contributed by atoms with van der Waals surface area (Å²) in [5.41, 5.74) is 0. The molecule has 6 fully saturated rings. The predicted molar refractivity (Wildman–Crippen MR) is 139 cm³/mol. The third-order valence-electron chi connectivity index (χ3n) is 11.6. The zero-order valence-corrected chi connectivity index (χ0v) is 22.6. The monoisotopic (exact) mass is 499 g/mol. The minimum atomic E-state index is -0.244. The average Bonchev–Trinajstić information content (AvgIpc) is 2.92. The first-order chi connectivity index (χ1) is 17.6. The Bertz CT molecular complexity index is 787. The number of likely N-dealkylation sites (tertiary alicyclic amines) is 1. The molecule has 0 amide bonds. The second-order valence-electron chi connectivity index (χ2n) is 13.5. The van der Waals surface area contributed by atoms with E-state index in [2.05, 4.69) is 11.9 Å². The van der Waals surface area contributed by atoms with E-state index in [-0.39, 0.29) is 36.0 Å². The van der Waals surface area contributed by atoms with Crippen LogP contribution in [0, 0.1) is 41.4 Å². The number of fused-ring (bicyclic) bond motifs is 2. The van der Waals surface area contributed by atoms with Crippen LogP contribution < -0.4 is 0 Å². The second-order valence-corrected chi connectivity index (χ2v) is 13.5. The third kappa shape index (κ3) is 4.87. The van der Waals surface area contributed by atoms with Crippen molar-refractivity contribution in [3.05, 3.63) is 0 Å².